The van der Waals surface area contributed by atoms with Crippen molar-refractivity contribution in [3.8, 4) is 0 Å². The standard InChI is InChI=1S/C33H26N2O9S/c36-30(25-16-27(32(39)40)28(33(41)42)17-26(25)31(37)38)34(29-10-4-7-20-6-1-2-9-24(20)29)18-19-5-3-8-23(15-19)45-22-13-11-21(12-14-22)35(43)44/h1-3,5-6,8-9,11-17,29H,4,7,10,18H2,(H,37,38)(H,39,40)(H,41,42)/t29-/m0/s1. The molecule has 4 aromatic rings. The van der Waals surface area contributed by atoms with Crippen molar-refractivity contribution in [2.24, 2.45) is 0 Å². The van der Waals surface area contributed by atoms with Gasteiger partial charge in [0, 0.05) is 28.5 Å². The Bertz CT molecular complexity index is 1840. The number of carbonyl (C=O) groups is 4. The number of hydrogen-bond acceptors (Lipinski definition) is 7. The zero-order valence-electron chi connectivity index (χ0n) is 23.6. The van der Waals surface area contributed by atoms with Gasteiger partial charge in [0.25, 0.3) is 11.6 Å². The van der Waals surface area contributed by atoms with Crippen LogP contribution in [0.5, 0.6) is 0 Å². The smallest absolute Gasteiger partial charge is 0.336 e. The van der Waals surface area contributed by atoms with Gasteiger partial charge in [0.1, 0.15) is 0 Å². The van der Waals surface area contributed by atoms with Crippen LogP contribution in [0.4, 0.5) is 5.69 Å². The predicted molar refractivity (Wildman–Crippen MR) is 163 cm³/mol. The highest BCUT2D eigenvalue weighted by molar-refractivity contribution is 7.99. The first-order valence-electron chi connectivity index (χ1n) is 13.8. The van der Waals surface area contributed by atoms with Gasteiger partial charge in [-0.15, -0.1) is 0 Å². The van der Waals surface area contributed by atoms with Crippen LogP contribution in [-0.2, 0) is 13.0 Å². The van der Waals surface area contributed by atoms with Crippen molar-refractivity contribution in [2.75, 3.05) is 0 Å². The van der Waals surface area contributed by atoms with Crippen molar-refractivity contribution in [3.63, 3.8) is 0 Å². The summed E-state index contributed by atoms with van der Waals surface area (Å²) in [7, 11) is 0. The Morgan fingerprint density at radius 3 is 2.04 bits per heavy atom. The maximum Gasteiger partial charge on any atom is 0.336 e. The van der Waals surface area contributed by atoms with Crippen LogP contribution >= 0.6 is 11.8 Å². The summed E-state index contributed by atoms with van der Waals surface area (Å²) in [6.45, 7) is 0.0364. The summed E-state index contributed by atoms with van der Waals surface area (Å²) in [4.78, 5) is 64.0. The Morgan fingerprint density at radius 2 is 1.40 bits per heavy atom. The number of carbonyl (C=O) groups excluding carboxylic acids is 1. The molecule has 45 heavy (non-hydrogen) atoms. The molecule has 1 amide bonds. The van der Waals surface area contributed by atoms with Crippen LogP contribution in [0.15, 0.2) is 94.7 Å². The van der Waals surface area contributed by atoms with Crippen molar-refractivity contribution in [1.29, 1.82) is 0 Å². The van der Waals surface area contributed by atoms with Crippen molar-refractivity contribution in [2.45, 2.75) is 41.6 Å². The first kappa shape index (κ1) is 31.0. The molecule has 0 heterocycles. The topological polar surface area (TPSA) is 175 Å². The average molecular weight is 627 g/mol. The molecule has 0 aliphatic heterocycles. The molecule has 0 saturated heterocycles. The molecule has 0 spiro atoms. The molecule has 0 fully saturated rings. The molecule has 0 aromatic heterocycles. The highest BCUT2D eigenvalue weighted by Crippen LogP contribution is 2.37. The van der Waals surface area contributed by atoms with E-state index < -0.39 is 57.0 Å². The Morgan fingerprint density at radius 1 is 0.778 bits per heavy atom. The van der Waals surface area contributed by atoms with Crippen LogP contribution in [0.1, 0.15) is 77.0 Å². The summed E-state index contributed by atoms with van der Waals surface area (Å²) in [5.41, 5.74) is 0.145. The Labute approximate surface area is 260 Å². The van der Waals surface area contributed by atoms with Gasteiger partial charge in [-0.1, -0.05) is 48.2 Å². The number of nitro benzene ring substituents is 1. The molecule has 11 nitrogen and oxygen atoms in total. The molecule has 0 unspecified atom stereocenters. The zero-order chi connectivity index (χ0) is 32.2. The number of nitro groups is 1. The number of rotatable bonds is 10. The number of aromatic carboxylic acids is 3. The molecule has 4 aromatic carbocycles. The molecule has 5 rings (SSSR count). The van der Waals surface area contributed by atoms with Gasteiger partial charge in [0.2, 0.25) is 0 Å². The lowest BCUT2D eigenvalue weighted by Gasteiger charge is -2.36. The summed E-state index contributed by atoms with van der Waals surface area (Å²) in [6, 6.07) is 22.1. The van der Waals surface area contributed by atoms with Crippen LogP contribution in [0.25, 0.3) is 0 Å². The van der Waals surface area contributed by atoms with Gasteiger partial charge in [-0.2, -0.15) is 0 Å². The normalized spacial score (nSPS) is 13.8. The van der Waals surface area contributed by atoms with Crippen LogP contribution in [-0.4, -0.2) is 49.0 Å². The van der Waals surface area contributed by atoms with Gasteiger partial charge < -0.3 is 20.2 Å². The minimum absolute atomic E-state index is 0.0295. The fourth-order valence-corrected chi connectivity index (χ4v) is 6.41. The summed E-state index contributed by atoms with van der Waals surface area (Å²) >= 11 is 1.37. The second-order valence-corrected chi connectivity index (χ2v) is 11.5. The zero-order valence-corrected chi connectivity index (χ0v) is 24.4. The van der Waals surface area contributed by atoms with Crippen molar-refractivity contribution >= 4 is 41.3 Å². The Hall–Kier alpha value is -5.49. The predicted octanol–water partition coefficient (Wildman–Crippen LogP) is 6.56. The lowest BCUT2D eigenvalue weighted by Crippen LogP contribution is -2.37. The van der Waals surface area contributed by atoms with E-state index in [2.05, 4.69) is 0 Å². The summed E-state index contributed by atoms with van der Waals surface area (Å²) in [5.74, 6) is -5.55. The number of benzene rings is 4. The first-order valence-corrected chi connectivity index (χ1v) is 14.6. The van der Waals surface area contributed by atoms with Gasteiger partial charge in [-0.25, -0.2) is 14.4 Å². The van der Waals surface area contributed by atoms with E-state index in [0.717, 1.165) is 45.9 Å². The van der Waals surface area contributed by atoms with E-state index in [4.69, 9.17) is 0 Å². The lowest BCUT2D eigenvalue weighted by atomic mass is 9.86. The third kappa shape index (κ3) is 6.70. The average Bonchev–Trinajstić information content (AvgIpc) is 3.02. The molecular formula is C33H26N2O9S. The largest absolute Gasteiger partial charge is 0.478 e. The van der Waals surface area contributed by atoms with Gasteiger partial charge >= 0.3 is 17.9 Å². The van der Waals surface area contributed by atoms with Crippen LogP contribution < -0.4 is 0 Å². The second-order valence-electron chi connectivity index (χ2n) is 10.4. The highest BCUT2D eigenvalue weighted by Gasteiger charge is 2.33. The highest BCUT2D eigenvalue weighted by atomic mass is 32.2. The van der Waals surface area contributed by atoms with Gasteiger partial charge in [-0.05, 0) is 72.4 Å². The molecule has 0 bridgehead atoms. The fraction of sp³-hybridized carbons (Fsp3) is 0.152. The Balaban J connectivity index is 1.57. The molecule has 228 valence electrons. The molecule has 3 N–H and O–H groups in total. The van der Waals surface area contributed by atoms with E-state index >= 15 is 0 Å². The molecule has 1 aliphatic carbocycles. The molecule has 1 aliphatic rings. The number of carboxylic acid groups (broad SMARTS) is 3. The quantitative estimate of drug-likeness (QED) is 0.129. The molecule has 12 heteroatoms. The van der Waals surface area contributed by atoms with Crippen LogP contribution in [0.3, 0.4) is 0 Å². The maximum absolute atomic E-state index is 14.4. The van der Waals surface area contributed by atoms with Gasteiger partial charge in [0.15, 0.2) is 0 Å². The number of aryl methyl sites for hydroxylation is 1. The summed E-state index contributed by atoms with van der Waals surface area (Å²) in [5, 5.41) is 40.3. The van der Waals surface area contributed by atoms with E-state index in [1.165, 1.54) is 28.8 Å². The lowest BCUT2D eigenvalue weighted by molar-refractivity contribution is -0.384. The van der Waals surface area contributed by atoms with Crippen LogP contribution in [0.2, 0.25) is 0 Å². The van der Waals surface area contributed by atoms with E-state index in [1.807, 2.05) is 42.5 Å². The third-order valence-corrected chi connectivity index (χ3v) is 8.59. The number of hydrogen-bond donors (Lipinski definition) is 3. The number of non-ortho nitro benzene ring substituents is 1. The molecule has 0 radical (unpaired) electrons. The molecular weight excluding hydrogens is 600 g/mol. The number of nitrogens with zero attached hydrogens (tertiary/aromatic N) is 2. The monoisotopic (exact) mass is 626 g/mol. The van der Waals surface area contributed by atoms with Crippen molar-refractivity contribution in [3.05, 3.63) is 134 Å². The third-order valence-electron chi connectivity index (χ3n) is 7.59. The SMILES string of the molecule is O=C(O)c1cc(C(=O)O)c(C(=O)N(Cc2cccc(Sc3ccc([N+](=O)[O-])cc3)c2)[C@H]2CCCc3ccccc32)cc1C(=O)O. The van der Waals surface area contributed by atoms with Gasteiger partial charge in [-0.3, -0.25) is 14.9 Å². The van der Waals surface area contributed by atoms with Gasteiger partial charge in [0.05, 0.1) is 33.2 Å². The molecule has 1 atom stereocenters. The van der Waals surface area contributed by atoms with E-state index in [-0.39, 0.29) is 12.2 Å². The summed E-state index contributed by atoms with van der Waals surface area (Å²) < 4.78 is 0. The van der Waals surface area contributed by atoms with E-state index in [1.54, 1.807) is 18.2 Å². The summed E-state index contributed by atoms with van der Waals surface area (Å²) in [6.07, 6.45) is 2.12. The number of fused-ring (bicyclic) bond motifs is 1. The van der Waals surface area contributed by atoms with E-state index in [0.29, 0.717) is 12.0 Å². The van der Waals surface area contributed by atoms with E-state index in [9.17, 15) is 44.6 Å². The number of carboxylic acids is 3. The minimum atomic E-state index is -1.63. The first-order chi connectivity index (χ1) is 21.5. The second kappa shape index (κ2) is 13.0. The fourth-order valence-electron chi connectivity index (χ4n) is 5.51. The molecule has 0 saturated carbocycles. The maximum atomic E-state index is 14.4. The Kier molecular flexibility index (Phi) is 8.96. The van der Waals surface area contributed by atoms with Crippen LogP contribution in [0, 0.1) is 10.1 Å². The minimum Gasteiger partial charge on any atom is -0.478 e. The van der Waals surface area contributed by atoms with Crippen molar-refractivity contribution in [1.82, 2.24) is 4.90 Å². The number of amides is 1. The van der Waals surface area contributed by atoms with Crippen molar-refractivity contribution < 1.29 is 39.4 Å².